The first kappa shape index (κ1) is 11.9. The summed E-state index contributed by atoms with van der Waals surface area (Å²) in [6.45, 7) is 2.95. The SMILES string of the molecule is CCCCS(=O)(=O)NCCCN. The van der Waals surface area contributed by atoms with Crippen LogP contribution in [0.3, 0.4) is 0 Å². The van der Waals surface area contributed by atoms with Crippen LogP contribution in [0.5, 0.6) is 0 Å². The molecule has 0 bridgehead atoms. The van der Waals surface area contributed by atoms with Gasteiger partial charge < -0.3 is 5.73 Å². The molecule has 0 fully saturated rings. The molecule has 0 saturated carbocycles. The van der Waals surface area contributed by atoms with Gasteiger partial charge in [-0.15, -0.1) is 0 Å². The van der Waals surface area contributed by atoms with Crippen LogP contribution in [0.2, 0.25) is 0 Å². The van der Waals surface area contributed by atoms with Crippen LogP contribution in [-0.4, -0.2) is 27.3 Å². The van der Waals surface area contributed by atoms with Crippen molar-refractivity contribution in [2.45, 2.75) is 26.2 Å². The molecule has 0 spiro atoms. The second kappa shape index (κ2) is 6.39. The molecular weight excluding hydrogens is 176 g/mol. The fourth-order valence-electron chi connectivity index (χ4n) is 0.736. The van der Waals surface area contributed by atoms with Crippen LogP contribution in [0.15, 0.2) is 0 Å². The Morgan fingerprint density at radius 2 is 2.00 bits per heavy atom. The van der Waals surface area contributed by atoms with Gasteiger partial charge in [0.2, 0.25) is 10.0 Å². The third-order valence-corrected chi connectivity index (χ3v) is 2.94. The van der Waals surface area contributed by atoms with Crippen molar-refractivity contribution in [1.82, 2.24) is 4.72 Å². The van der Waals surface area contributed by atoms with Crippen molar-refractivity contribution in [3.8, 4) is 0 Å². The molecule has 0 aliphatic rings. The lowest BCUT2D eigenvalue weighted by molar-refractivity contribution is 0.576. The predicted molar refractivity (Wildman–Crippen MR) is 50.4 cm³/mol. The summed E-state index contributed by atoms with van der Waals surface area (Å²) in [4.78, 5) is 0. The normalized spacial score (nSPS) is 11.8. The van der Waals surface area contributed by atoms with Crippen LogP contribution in [0, 0.1) is 0 Å². The van der Waals surface area contributed by atoms with E-state index in [0.29, 0.717) is 19.5 Å². The van der Waals surface area contributed by atoms with Crippen LogP contribution < -0.4 is 10.5 Å². The summed E-state index contributed by atoms with van der Waals surface area (Å²) in [5.74, 6) is 0.230. The number of hydrogen-bond donors (Lipinski definition) is 2. The largest absolute Gasteiger partial charge is 0.330 e. The Hall–Kier alpha value is -0.130. The van der Waals surface area contributed by atoms with E-state index in [9.17, 15) is 8.42 Å². The van der Waals surface area contributed by atoms with Crippen molar-refractivity contribution in [2.75, 3.05) is 18.8 Å². The molecular formula is C7H18N2O2S. The summed E-state index contributed by atoms with van der Waals surface area (Å²) in [7, 11) is -3.02. The first-order valence-corrected chi connectivity index (χ1v) is 5.95. The topological polar surface area (TPSA) is 72.2 Å². The van der Waals surface area contributed by atoms with E-state index in [-0.39, 0.29) is 5.75 Å². The molecule has 0 aliphatic carbocycles. The fourth-order valence-corrected chi connectivity index (χ4v) is 2.00. The highest BCUT2D eigenvalue weighted by Gasteiger charge is 2.06. The minimum absolute atomic E-state index is 0.230. The van der Waals surface area contributed by atoms with Gasteiger partial charge >= 0.3 is 0 Å². The van der Waals surface area contributed by atoms with E-state index in [1.54, 1.807) is 0 Å². The molecule has 12 heavy (non-hydrogen) atoms. The van der Waals surface area contributed by atoms with E-state index in [0.717, 1.165) is 12.8 Å². The van der Waals surface area contributed by atoms with E-state index in [1.165, 1.54) is 0 Å². The smallest absolute Gasteiger partial charge is 0.211 e. The number of hydrogen-bond acceptors (Lipinski definition) is 3. The average molecular weight is 194 g/mol. The van der Waals surface area contributed by atoms with E-state index >= 15 is 0 Å². The summed E-state index contributed by atoms with van der Waals surface area (Å²) >= 11 is 0. The van der Waals surface area contributed by atoms with Crippen molar-refractivity contribution in [3.63, 3.8) is 0 Å². The van der Waals surface area contributed by atoms with Crippen molar-refractivity contribution in [3.05, 3.63) is 0 Å². The van der Waals surface area contributed by atoms with E-state index in [1.807, 2.05) is 6.92 Å². The van der Waals surface area contributed by atoms with Crippen molar-refractivity contribution in [2.24, 2.45) is 5.73 Å². The van der Waals surface area contributed by atoms with Gasteiger partial charge in [-0.05, 0) is 19.4 Å². The highest BCUT2D eigenvalue weighted by molar-refractivity contribution is 7.89. The van der Waals surface area contributed by atoms with Gasteiger partial charge in [0.15, 0.2) is 0 Å². The van der Waals surface area contributed by atoms with E-state index in [4.69, 9.17) is 5.73 Å². The molecule has 0 aromatic rings. The molecule has 3 N–H and O–H groups in total. The van der Waals surface area contributed by atoms with Gasteiger partial charge in [0.1, 0.15) is 0 Å². The molecule has 74 valence electrons. The van der Waals surface area contributed by atoms with Crippen LogP contribution in [0.4, 0.5) is 0 Å². The third-order valence-electron chi connectivity index (χ3n) is 1.47. The second-order valence-electron chi connectivity index (χ2n) is 2.71. The highest BCUT2D eigenvalue weighted by Crippen LogP contribution is 1.92. The average Bonchev–Trinajstić information content (AvgIpc) is 2.01. The van der Waals surface area contributed by atoms with Gasteiger partial charge in [-0.1, -0.05) is 13.3 Å². The zero-order chi connectivity index (χ0) is 9.45. The van der Waals surface area contributed by atoms with Crippen molar-refractivity contribution < 1.29 is 8.42 Å². The lowest BCUT2D eigenvalue weighted by Gasteiger charge is -2.04. The Bertz CT molecular complexity index is 190. The maximum atomic E-state index is 11.1. The van der Waals surface area contributed by atoms with E-state index < -0.39 is 10.0 Å². The summed E-state index contributed by atoms with van der Waals surface area (Å²) < 4.78 is 24.7. The fraction of sp³-hybridized carbons (Fsp3) is 1.00. The number of unbranched alkanes of at least 4 members (excludes halogenated alkanes) is 1. The number of rotatable bonds is 7. The lowest BCUT2D eigenvalue weighted by atomic mass is 10.4. The molecule has 0 heterocycles. The molecule has 4 nitrogen and oxygen atoms in total. The third kappa shape index (κ3) is 6.57. The Balaban J connectivity index is 3.58. The maximum Gasteiger partial charge on any atom is 0.211 e. The molecule has 0 aromatic carbocycles. The quantitative estimate of drug-likeness (QED) is 0.563. The Morgan fingerprint density at radius 3 is 2.50 bits per heavy atom. The van der Waals surface area contributed by atoms with Crippen LogP contribution in [0.1, 0.15) is 26.2 Å². The Labute approximate surface area is 74.6 Å². The van der Waals surface area contributed by atoms with Gasteiger partial charge in [-0.25, -0.2) is 13.1 Å². The van der Waals surface area contributed by atoms with E-state index in [2.05, 4.69) is 4.72 Å². The van der Waals surface area contributed by atoms with Gasteiger partial charge in [-0.2, -0.15) is 0 Å². The summed E-state index contributed by atoms with van der Waals surface area (Å²) in [6.07, 6.45) is 2.32. The zero-order valence-electron chi connectivity index (χ0n) is 7.54. The first-order valence-electron chi connectivity index (χ1n) is 4.30. The van der Waals surface area contributed by atoms with Gasteiger partial charge in [0.25, 0.3) is 0 Å². The second-order valence-corrected chi connectivity index (χ2v) is 4.64. The van der Waals surface area contributed by atoms with Crippen molar-refractivity contribution >= 4 is 10.0 Å². The standard InChI is InChI=1S/C7H18N2O2S/c1-2-3-7-12(10,11)9-6-4-5-8/h9H,2-8H2,1H3. The number of sulfonamides is 1. The minimum Gasteiger partial charge on any atom is -0.330 e. The zero-order valence-corrected chi connectivity index (χ0v) is 8.36. The number of nitrogens with two attached hydrogens (primary N) is 1. The molecule has 0 aliphatic heterocycles. The lowest BCUT2D eigenvalue weighted by Crippen LogP contribution is -2.28. The first-order chi connectivity index (χ1) is 5.62. The molecule has 0 radical (unpaired) electrons. The predicted octanol–water partition coefficient (Wildman–Crippen LogP) is 0.0547. The molecule has 5 heteroatoms. The van der Waals surface area contributed by atoms with Crippen LogP contribution in [-0.2, 0) is 10.0 Å². The summed E-state index contributed by atoms with van der Waals surface area (Å²) in [5.41, 5.74) is 5.22. The highest BCUT2D eigenvalue weighted by atomic mass is 32.2. The Kier molecular flexibility index (Phi) is 6.32. The summed E-state index contributed by atoms with van der Waals surface area (Å²) in [6, 6.07) is 0. The van der Waals surface area contributed by atoms with Gasteiger partial charge in [0.05, 0.1) is 5.75 Å². The summed E-state index contributed by atoms with van der Waals surface area (Å²) in [5, 5.41) is 0. The Morgan fingerprint density at radius 1 is 1.33 bits per heavy atom. The molecule has 0 amide bonds. The minimum atomic E-state index is -3.02. The van der Waals surface area contributed by atoms with Crippen molar-refractivity contribution in [1.29, 1.82) is 0 Å². The van der Waals surface area contributed by atoms with Crippen LogP contribution in [0.25, 0.3) is 0 Å². The van der Waals surface area contributed by atoms with Gasteiger partial charge in [0, 0.05) is 6.54 Å². The van der Waals surface area contributed by atoms with Gasteiger partial charge in [-0.3, -0.25) is 0 Å². The number of nitrogens with one attached hydrogen (secondary N) is 1. The molecule has 0 aromatic heterocycles. The molecule has 0 unspecified atom stereocenters. The molecule has 0 atom stereocenters. The molecule has 0 rings (SSSR count). The molecule has 0 saturated heterocycles. The monoisotopic (exact) mass is 194 g/mol. The van der Waals surface area contributed by atoms with Crippen LogP contribution >= 0.6 is 0 Å². The maximum absolute atomic E-state index is 11.1.